The van der Waals surface area contributed by atoms with Crippen molar-refractivity contribution in [1.29, 1.82) is 0 Å². The van der Waals surface area contributed by atoms with Gasteiger partial charge in [0.25, 0.3) is 0 Å². The standard InChI is InChI=1S/C16H27NO3/c1-13(17-12-16(2,19)10-11-20-3)4-5-14-6-8-15(18)9-7-14/h6-9,13,17-19H,4-5,10-12H2,1-3H3. The summed E-state index contributed by atoms with van der Waals surface area (Å²) in [6.45, 7) is 5.07. The van der Waals surface area contributed by atoms with Gasteiger partial charge < -0.3 is 20.3 Å². The second-order valence-corrected chi connectivity index (χ2v) is 5.73. The van der Waals surface area contributed by atoms with Gasteiger partial charge in [-0.1, -0.05) is 12.1 Å². The first kappa shape index (κ1) is 17.0. The van der Waals surface area contributed by atoms with Gasteiger partial charge in [-0.2, -0.15) is 0 Å². The van der Waals surface area contributed by atoms with E-state index in [1.165, 1.54) is 5.56 Å². The van der Waals surface area contributed by atoms with E-state index >= 15 is 0 Å². The minimum absolute atomic E-state index is 0.300. The molecule has 0 aliphatic rings. The van der Waals surface area contributed by atoms with Crippen LogP contribution in [0.3, 0.4) is 0 Å². The fourth-order valence-corrected chi connectivity index (χ4v) is 1.95. The van der Waals surface area contributed by atoms with Gasteiger partial charge >= 0.3 is 0 Å². The molecule has 1 aromatic carbocycles. The Labute approximate surface area is 121 Å². The zero-order valence-corrected chi connectivity index (χ0v) is 12.7. The van der Waals surface area contributed by atoms with Gasteiger partial charge in [-0.3, -0.25) is 0 Å². The van der Waals surface area contributed by atoms with E-state index in [0.29, 0.717) is 31.4 Å². The molecule has 114 valence electrons. The van der Waals surface area contributed by atoms with Crippen molar-refractivity contribution < 1.29 is 14.9 Å². The van der Waals surface area contributed by atoms with Crippen molar-refractivity contribution in [3.05, 3.63) is 29.8 Å². The zero-order valence-electron chi connectivity index (χ0n) is 12.7. The molecule has 0 spiro atoms. The van der Waals surface area contributed by atoms with Crippen LogP contribution in [0.2, 0.25) is 0 Å². The Morgan fingerprint density at radius 2 is 1.95 bits per heavy atom. The number of hydrogen-bond acceptors (Lipinski definition) is 4. The Morgan fingerprint density at radius 1 is 1.30 bits per heavy atom. The van der Waals surface area contributed by atoms with Gasteiger partial charge in [-0.15, -0.1) is 0 Å². The summed E-state index contributed by atoms with van der Waals surface area (Å²) >= 11 is 0. The Balaban J connectivity index is 2.26. The highest BCUT2D eigenvalue weighted by Crippen LogP contribution is 2.13. The predicted octanol–water partition coefficient (Wildman–Crippen LogP) is 2.09. The Kier molecular flexibility index (Phi) is 6.99. The van der Waals surface area contributed by atoms with Crippen molar-refractivity contribution in [3.63, 3.8) is 0 Å². The summed E-state index contributed by atoms with van der Waals surface area (Å²) in [6, 6.07) is 7.64. The number of aliphatic hydroxyl groups is 1. The molecular formula is C16H27NO3. The summed E-state index contributed by atoms with van der Waals surface area (Å²) in [6.07, 6.45) is 2.57. The van der Waals surface area contributed by atoms with Gasteiger partial charge in [-0.25, -0.2) is 0 Å². The second kappa shape index (κ2) is 8.25. The van der Waals surface area contributed by atoms with E-state index in [2.05, 4.69) is 12.2 Å². The smallest absolute Gasteiger partial charge is 0.115 e. The first-order chi connectivity index (χ1) is 9.43. The Bertz CT molecular complexity index is 376. The van der Waals surface area contributed by atoms with Crippen LogP contribution < -0.4 is 5.32 Å². The highest BCUT2D eigenvalue weighted by Gasteiger charge is 2.20. The van der Waals surface area contributed by atoms with E-state index in [4.69, 9.17) is 4.74 Å². The van der Waals surface area contributed by atoms with Crippen LogP contribution in [-0.2, 0) is 11.2 Å². The van der Waals surface area contributed by atoms with Gasteiger partial charge in [0, 0.05) is 32.7 Å². The van der Waals surface area contributed by atoms with Crippen molar-refractivity contribution in [2.45, 2.75) is 44.8 Å². The maximum atomic E-state index is 10.1. The minimum Gasteiger partial charge on any atom is -0.508 e. The molecule has 0 amide bonds. The van der Waals surface area contributed by atoms with Crippen molar-refractivity contribution in [3.8, 4) is 5.75 Å². The van der Waals surface area contributed by atoms with Gasteiger partial charge in [0.1, 0.15) is 5.75 Å². The molecular weight excluding hydrogens is 254 g/mol. The molecule has 0 bridgehead atoms. The largest absolute Gasteiger partial charge is 0.508 e. The molecule has 0 radical (unpaired) electrons. The molecule has 0 aliphatic carbocycles. The summed E-state index contributed by atoms with van der Waals surface area (Å²) in [4.78, 5) is 0. The lowest BCUT2D eigenvalue weighted by Gasteiger charge is -2.25. The van der Waals surface area contributed by atoms with E-state index in [-0.39, 0.29) is 0 Å². The van der Waals surface area contributed by atoms with Crippen molar-refractivity contribution in [2.75, 3.05) is 20.3 Å². The first-order valence-corrected chi connectivity index (χ1v) is 7.15. The van der Waals surface area contributed by atoms with Crippen LogP contribution in [-0.4, -0.2) is 42.1 Å². The fraction of sp³-hybridized carbons (Fsp3) is 0.625. The maximum Gasteiger partial charge on any atom is 0.115 e. The van der Waals surface area contributed by atoms with Crippen molar-refractivity contribution in [2.24, 2.45) is 0 Å². The van der Waals surface area contributed by atoms with Crippen LogP contribution in [0.4, 0.5) is 0 Å². The minimum atomic E-state index is -0.733. The second-order valence-electron chi connectivity index (χ2n) is 5.73. The number of aryl methyl sites for hydroxylation is 1. The van der Waals surface area contributed by atoms with Gasteiger partial charge in [0.15, 0.2) is 0 Å². The number of hydrogen-bond donors (Lipinski definition) is 3. The predicted molar refractivity (Wildman–Crippen MR) is 81.0 cm³/mol. The highest BCUT2D eigenvalue weighted by atomic mass is 16.5. The summed E-state index contributed by atoms with van der Waals surface area (Å²) in [5.41, 5.74) is 0.477. The number of benzene rings is 1. The molecule has 4 heteroatoms. The molecule has 1 rings (SSSR count). The van der Waals surface area contributed by atoms with Gasteiger partial charge in [0.05, 0.1) is 5.60 Å². The molecule has 0 aromatic heterocycles. The number of methoxy groups -OCH3 is 1. The molecule has 0 aliphatic heterocycles. The third-order valence-electron chi connectivity index (χ3n) is 3.48. The quantitative estimate of drug-likeness (QED) is 0.648. The summed E-state index contributed by atoms with van der Waals surface area (Å²) in [5, 5.41) is 22.7. The van der Waals surface area contributed by atoms with E-state index in [1.807, 2.05) is 19.1 Å². The number of rotatable bonds is 9. The molecule has 3 N–H and O–H groups in total. The zero-order chi connectivity index (χ0) is 15.0. The van der Waals surface area contributed by atoms with Crippen LogP contribution in [0.15, 0.2) is 24.3 Å². The summed E-state index contributed by atoms with van der Waals surface area (Å²) in [7, 11) is 1.64. The number of phenolic OH excluding ortho intramolecular Hbond substituents is 1. The Morgan fingerprint density at radius 3 is 2.55 bits per heavy atom. The molecule has 1 aromatic rings. The maximum absolute atomic E-state index is 10.1. The van der Waals surface area contributed by atoms with Gasteiger partial charge in [-0.05, 0) is 44.4 Å². The molecule has 0 heterocycles. The lowest BCUT2D eigenvalue weighted by Crippen LogP contribution is -2.42. The lowest BCUT2D eigenvalue weighted by molar-refractivity contribution is 0.0230. The molecule has 0 saturated heterocycles. The molecule has 4 nitrogen and oxygen atoms in total. The SMILES string of the molecule is COCCC(C)(O)CNC(C)CCc1ccc(O)cc1. The number of ether oxygens (including phenoxy) is 1. The third-order valence-corrected chi connectivity index (χ3v) is 3.48. The van der Waals surface area contributed by atoms with Crippen LogP contribution in [0.5, 0.6) is 5.75 Å². The van der Waals surface area contributed by atoms with Crippen LogP contribution >= 0.6 is 0 Å². The van der Waals surface area contributed by atoms with E-state index < -0.39 is 5.60 Å². The molecule has 0 fully saturated rings. The number of aromatic hydroxyl groups is 1. The van der Waals surface area contributed by atoms with E-state index in [1.54, 1.807) is 19.2 Å². The van der Waals surface area contributed by atoms with E-state index in [9.17, 15) is 10.2 Å². The topological polar surface area (TPSA) is 61.7 Å². The lowest BCUT2D eigenvalue weighted by atomic mass is 10.0. The van der Waals surface area contributed by atoms with Crippen molar-refractivity contribution >= 4 is 0 Å². The monoisotopic (exact) mass is 281 g/mol. The first-order valence-electron chi connectivity index (χ1n) is 7.15. The van der Waals surface area contributed by atoms with Gasteiger partial charge in [0.2, 0.25) is 0 Å². The average Bonchev–Trinajstić information content (AvgIpc) is 2.42. The molecule has 2 atom stereocenters. The van der Waals surface area contributed by atoms with Crippen LogP contribution in [0, 0.1) is 0 Å². The Hall–Kier alpha value is -1.10. The van der Waals surface area contributed by atoms with Crippen LogP contribution in [0.1, 0.15) is 32.3 Å². The highest BCUT2D eigenvalue weighted by molar-refractivity contribution is 5.25. The van der Waals surface area contributed by atoms with E-state index in [0.717, 1.165) is 12.8 Å². The van der Waals surface area contributed by atoms with Crippen LogP contribution in [0.25, 0.3) is 0 Å². The summed E-state index contributed by atoms with van der Waals surface area (Å²) < 4.78 is 4.99. The molecule has 0 saturated carbocycles. The number of nitrogens with one attached hydrogen (secondary N) is 1. The summed E-state index contributed by atoms with van der Waals surface area (Å²) in [5.74, 6) is 0.300. The average molecular weight is 281 g/mol. The fourth-order valence-electron chi connectivity index (χ4n) is 1.95. The molecule has 20 heavy (non-hydrogen) atoms. The molecule has 2 unspecified atom stereocenters. The van der Waals surface area contributed by atoms with Crippen molar-refractivity contribution in [1.82, 2.24) is 5.32 Å². The third kappa shape index (κ3) is 6.89. The normalized spacial score (nSPS) is 15.8. The number of phenols is 1.